The highest BCUT2D eigenvalue weighted by Crippen LogP contribution is 2.11. The van der Waals surface area contributed by atoms with Crippen molar-refractivity contribution < 1.29 is 30.0 Å². The van der Waals surface area contributed by atoms with Crippen molar-refractivity contribution in [1.82, 2.24) is 0 Å². The van der Waals surface area contributed by atoms with Crippen molar-refractivity contribution in [3.63, 3.8) is 0 Å². The van der Waals surface area contributed by atoms with Gasteiger partial charge in [-0.3, -0.25) is 9.59 Å². The van der Waals surface area contributed by atoms with Crippen LogP contribution >= 0.6 is 0 Å². The van der Waals surface area contributed by atoms with E-state index in [9.17, 15) is 5.11 Å². The first kappa shape index (κ1) is 19.4. The Hall–Kier alpha value is -1.92. The van der Waals surface area contributed by atoms with E-state index in [0.717, 1.165) is 25.0 Å². The Balaban J connectivity index is 0. The van der Waals surface area contributed by atoms with Crippen LogP contribution in [0.1, 0.15) is 31.1 Å². The number of benzene rings is 1. The van der Waals surface area contributed by atoms with Gasteiger partial charge in [-0.2, -0.15) is 0 Å². The molecule has 0 aliphatic heterocycles. The number of carboxylic acid groups (broad SMARTS) is 2. The average molecular weight is 272 g/mol. The third kappa shape index (κ3) is 16.1. The molecule has 0 amide bonds. The molecule has 4 N–H and O–H groups in total. The Kier molecular flexibility index (Phi) is 11.4. The summed E-state index contributed by atoms with van der Waals surface area (Å²) >= 11 is 0. The molecule has 0 fully saturated rings. The van der Waals surface area contributed by atoms with E-state index in [1.54, 1.807) is 0 Å². The molecule has 1 rings (SSSR count). The molecule has 108 valence electrons. The van der Waals surface area contributed by atoms with Gasteiger partial charge < -0.3 is 20.4 Å². The van der Waals surface area contributed by atoms with Gasteiger partial charge in [0.05, 0.1) is 6.61 Å². The predicted octanol–water partition coefficient (Wildman–Crippen LogP) is 1.20. The quantitative estimate of drug-likeness (QED) is 0.643. The van der Waals surface area contributed by atoms with E-state index in [4.69, 9.17) is 24.9 Å². The second-order valence-corrected chi connectivity index (χ2v) is 3.65. The van der Waals surface area contributed by atoms with Crippen LogP contribution in [0.4, 0.5) is 0 Å². The summed E-state index contributed by atoms with van der Waals surface area (Å²) in [5.41, 5.74) is 1.91. The molecule has 0 aliphatic carbocycles. The van der Waals surface area contributed by atoms with Gasteiger partial charge >= 0.3 is 0 Å². The molecule has 0 aliphatic rings. The maximum atomic E-state index is 9.17. The number of hydrogen-bond acceptors (Lipinski definition) is 4. The lowest BCUT2D eigenvalue weighted by Gasteiger charge is -2.06. The van der Waals surface area contributed by atoms with Gasteiger partial charge in [0.1, 0.15) is 6.10 Å². The summed E-state index contributed by atoms with van der Waals surface area (Å²) in [5, 5.41) is 32.6. The number of carbonyl (C=O) groups is 2. The Morgan fingerprint density at radius 3 is 1.63 bits per heavy atom. The molecule has 1 aromatic rings. The van der Waals surface area contributed by atoms with Gasteiger partial charge in [0.25, 0.3) is 11.9 Å². The molecule has 0 saturated heterocycles. The lowest BCUT2D eigenvalue weighted by atomic mass is 10.1. The zero-order chi connectivity index (χ0) is 15.4. The maximum Gasteiger partial charge on any atom is 0.300 e. The molecular formula is C13H20O6. The maximum absolute atomic E-state index is 9.17. The van der Waals surface area contributed by atoms with Crippen LogP contribution in [0.15, 0.2) is 24.3 Å². The molecule has 0 radical (unpaired) electrons. The first-order valence-electron chi connectivity index (χ1n) is 5.45. The van der Waals surface area contributed by atoms with Crippen molar-refractivity contribution in [1.29, 1.82) is 0 Å². The fourth-order valence-electron chi connectivity index (χ4n) is 0.894. The average Bonchev–Trinajstić information content (AvgIpc) is 2.27. The van der Waals surface area contributed by atoms with Crippen LogP contribution in [0, 0.1) is 6.92 Å². The van der Waals surface area contributed by atoms with Crippen LogP contribution in [0.25, 0.3) is 0 Å². The number of aliphatic hydroxyl groups is 2. The Bertz CT molecular complexity index is 351. The van der Waals surface area contributed by atoms with Gasteiger partial charge in [0.2, 0.25) is 0 Å². The van der Waals surface area contributed by atoms with E-state index in [0.29, 0.717) is 0 Å². The zero-order valence-corrected chi connectivity index (χ0v) is 11.2. The first-order valence-corrected chi connectivity index (χ1v) is 5.45. The number of carboxylic acids is 2. The van der Waals surface area contributed by atoms with E-state index in [2.05, 4.69) is 0 Å². The van der Waals surface area contributed by atoms with Crippen LogP contribution in [-0.4, -0.2) is 39.0 Å². The largest absolute Gasteiger partial charge is 0.481 e. The first-order chi connectivity index (χ1) is 8.70. The predicted molar refractivity (Wildman–Crippen MR) is 69.8 cm³/mol. The van der Waals surface area contributed by atoms with Gasteiger partial charge in [0.15, 0.2) is 0 Å². The minimum atomic E-state index is -0.833. The number of aliphatic hydroxyl groups excluding tert-OH is 2. The van der Waals surface area contributed by atoms with E-state index >= 15 is 0 Å². The summed E-state index contributed by atoms with van der Waals surface area (Å²) < 4.78 is 0. The molecule has 0 bridgehead atoms. The zero-order valence-electron chi connectivity index (χ0n) is 11.2. The van der Waals surface area contributed by atoms with Crippen molar-refractivity contribution in [2.24, 2.45) is 0 Å². The van der Waals surface area contributed by atoms with Crippen LogP contribution in [-0.2, 0) is 9.59 Å². The molecule has 0 aromatic heterocycles. The lowest BCUT2D eigenvalue weighted by Crippen LogP contribution is -2.01. The summed E-state index contributed by atoms with van der Waals surface area (Å²) in [6.45, 7) is 3.93. The number of rotatable bonds is 2. The topological polar surface area (TPSA) is 115 Å². The lowest BCUT2D eigenvalue weighted by molar-refractivity contribution is -0.135. The minimum Gasteiger partial charge on any atom is -0.481 e. The van der Waals surface area contributed by atoms with Crippen molar-refractivity contribution in [3.8, 4) is 0 Å². The molecule has 19 heavy (non-hydrogen) atoms. The molecule has 6 nitrogen and oxygen atoms in total. The highest BCUT2D eigenvalue weighted by molar-refractivity contribution is 5.63. The van der Waals surface area contributed by atoms with Crippen LogP contribution < -0.4 is 0 Å². The summed E-state index contributed by atoms with van der Waals surface area (Å²) in [6, 6.07) is 7.45. The Labute approximate surface area is 111 Å². The Morgan fingerprint density at radius 1 is 1.05 bits per heavy atom. The SMILES string of the molecule is CC(=O)O.CC(=O)O.Cc1ccc([C@H](O)CO)cc1. The third-order valence-electron chi connectivity index (χ3n) is 1.64. The molecule has 0 heterocycles. The third-order valence-corrected chi connectivity index (χ3v) is 1.64. The molecule has 1 aromatic carbocycles. The monoisotopic (exact) mass is 272 g/mol. The van der Waals surface area contributed by atoms with Gasteiger partial charge in [-0.15, -0.1) is 0 Å². The highest BCUT2D eigenvalue weighted by atomic mass is 16.4. The highest BCUT2D eigenvalue weighted by Gasteiger charge is 2.03. The molecule has 0 saturated carbocycles. The standard InChI is InChI=1S/C9H12O2.2C2H4O2/c1-7-2-4-8(5-3-7)9(11)6-10;2*1-2(3)4/h2-5,9-11H,6H2,1H3;2*1H3,(H,3,4)/t9-;;/m1../s1. The summed E-state index contributed by atoms with van der Waals surface area (Å²) in [7, 11) is 0. The molecule has 0 spiro atoms. The fraction of sp³-hybridized carbons (Fsp3) is 0.385. The van der Waals surface area contributed by atoms with Crippen molar-refractivity contribution in [3.05, 3.63) is 35.4 Å². The second-order valence-electron chi connectivity index (χ2n) is 3.65. The molecule has 6 heteroatoms. The fourth-order valence-corrected chi connectivity index (χ4v) is 0.894. The summed E-state index contributed by atoms with van der Waals surface area (Å²) in [6.07, 6.45) is -0.740. The van der Waals surface area contributed by atoms with Crippen molar-refractivity contribution in [2.75, 3.05) is 6.61 Å². The van der Waals surface area contributed by atoms with Gasteiger partial charge in [-0.1, -0.05) is 29.8 Å². The summed E-state index contributed by atoms with van der Waals surface area (Å²) in [4.78, 5) is 18.0. The van der Waals surface area contributed by atoms with Gasteiger partial charge in [-0.25, -0.2) is 0 Å². The minimum absolute atomic E-state index is 0.219. The van der Waals surface area contributed by atoms with E-state index in [1.807, 2.05) is 31.2 Å². The van der Waals surface area contributed by atoms with Gasteiger partial charge in [-0.05, 0) is 12.5 Å². The number of hydrogen-bond donors (Lipinski definition) is 4. The van der Waals surface area contributed by atoms with Crippen molar-refractivity contribution >= 4 is 11.9 Å². The molecular weight excluding hydrogens is 252 g/mol. The van der Waals surface area contributed by atoms with Crippen LogP contribution in [0.5, 0.6) is 0 Å². The van der Waals surface area contributed by atoms with Crippen molar-refractivity contribution in [2.45, 2.75) is 26.9 Å². The molecule has 1 atom stereocenters. The van der Waals surface area contributed by atoms with E-state index in [-0.39, 0.29) is 6.61 Å². The van der Waals surface area contributed by atoms with E-state index in [1.165, 1.54) is 0 Å². The van der Waals surface area contributed by atoms with Crippen LogP contribution in [0.3, 0.4) is 0 Å². The second kappa shape index (κ2) is 11.2. The molecule has 0 unspecified atom stereocenters. The van der Waals surface area contributed by atoms with E-state index < -0.39 is 18.0 Å². The number of aryl methyl sites for hydroxylation is 1. The smallest absolute Gasteiger partial charge is 0.300 e. The Morgan fingerprint density at radius 2 is 1.37 bits per heavy atom. The van der Waals surface area contributed by atoms with Crippen LogP contribution in [0.2, 0.25) is 0 Å². The normalized spacial score (nSPS) is 10.2. The van der Waals surface area contributed by atoms with Gasteiger partial charge in [0, 0.05) is 13.8 Å². The summed E-state index contributed by atoms with van der Waals surface area (Å²) in [5.74, 6) is -1.67. The number of aliphatic carboxylic acids is 2.